The van der Waals surface area contributed by atoms with Crippen molar-refractivity contribution in [3.8, 4) is 6.07 Å². The minimum atomic E-state index is -0.520. The van der Waals surface area contributed by atoms with E-state index in [0.717, 1.165) is 43.5 Å². The minimum absolute atomic E-state index is 0.0365. The number of likely N-dealkylation sites (tertiary alicyclic amines) is 1. The predicted molar refractivity (Wildman–Crippen MR) is 116 cm³/mol. The van der Waals surface area contributed by atoms with Gasteiger partial charge in [-0.3, -0.25) is 9.78 Å². The maximum atomic E-state index is 13.0. The number of anilines is 1. The monoisotopic (exact) mass is 407 g/mol. The Bertz CT molecular complexity index is 956. The fraction of sp³-hybridized carbons (Fsp3) is 0.522. The number of morpholine rings is 1. The van der Waals surface area contributed by atoms with E-state index in [9.17, 15) is 10.1 Å². The number of fused-ring (bicyclic) bond motifs is 1. The molecule has 1 unspecified atom stereocenters. The second-order valence-electron chi connectivity index (χ2n) is 8.22. The van der Waals surface area contributed by atoms with Gasteiger partial charge in [0.2, 0.25) is 0 Å². The summed E-state index contributed by atoms with van der Waals surface area (Å²) in [6.07, 6.45) is 3.23. The average Bonchev–Trinajstić information content (AvgIpc) is 2.78. The van der Waals surface area contributed by atoms with Gasteiger partial charge in [0.25, 0.3) is 5.91 Å². The van der Waals surface area contributed by atoms with Crippen LogP contribution in [0.15, 0.2) is 30.5 Å². The van der Waals surface area contributed by atoms with Crippen molar-refractivity contribution in [3.63, 3.8) is 0 Å². The number of nitriles is 1. The molecule has 1 aromatic carbocycles. The maximum Gasteiger partial charge on any atom is 0.251 e. The summed E-state index contributed by atoms with van der Waals surface area (Å²) in [6, 6.07) is 10.0. The second-order valence-corrected chi connectivity index (χ2v) is 8.22. The standard InChI is InChI=1S/C23H29N5O2/c1-3-27-11-5-6-18(14-27)26-23(29)21-15-28(13-16(2)30-21)20-9-8-17(12-24)22-19(20)7-4-10-25-22/h4,7-10,16,18,21H,3,5-6,11,13-15H2,1-2H3,(H,26,29)/t16-,18?,21-/m1/s1. The van der Waals surface area contributed by atoms with E-state index in [1.807, 2.05) is 25.1 Å². The van der Waals surface area contributed by atoms with Crippen molar-refractivity contribution in [1.29, 1.82) is 5.26 Å². The van der Waals surface area contributed by atoms with Gasteiger partial charge in [-0.25, -0.2) is 0 Å². The minimum Gasteiger partial charge on any atom is -0.365 e. The van der Waals surface area contributed by atoms with Gasteiger partial charge in [0.1, 0.15) is 6.07 Å². The van der Waals surface area contributed by atoms with Crippen LogP contribution in [0.4, 0.5) is 5.69 Å². The third kappa shape index (κ3) is 4.25. The van der Waals surface area contributed by atoms with E-state index >= 15 is 0 Å². The zero-order valence-electron chi connectivity index (χ0n) is 17.7. The van der Waals surface area contributed by atoms with E-state index in [1.165, 1.54) is 0 Å². The fourth-order valence-electron chi connectivity index (χ4n) is 4.57. The molecule has 158 valence electrons. The van der Waals surface area contributed by atoms with Crippen molar-refractivity contribution < 1.29 is 9.53 Å². The highest BCUT2D eigenvalue weighted by Gasteiger charge is 2.33. The molecule has 7 nitrogen and oxygen atoms in total. The molecule has 4 rings (SSSR count). The summed E-state index contributed by atoms with van der Waals surface area (Å²) in [6.45, 7) is 8.34. The van der Waals surface area contributed by atoms with Crippen LogP contribution in [-0.4, -0.2) is 66.8 Å². The predicted octanol–water partition coefficient (Wildman–Crippen LogP) is 2.30. The number of nitrogens with one attached hydrogen (secondary N) is 1. The molecule has 0 bridgehead atoms. The number of amides is 1. The van der Waals surface area contributed by atoms with Gasteiger partial charge in [-0.15, -0.1) is 0 Å². The van der Waals surface area contributed by atoms with Crippen LogP contribution in [0.3, 0.4) is 0 Å². The van der Waals surface area contributed by atoms with Crippen molar-refractivity contribution in [2.24, 2.45) is 0 Å². The number of carbonyl (C=O) groups is 1. The van der Waals surface area contributed by atoms with Gasteiger partial charge in [-0.05, 0) is 57.1 Å². The lowest BCUT2D eigenvalue weighted by molar-refractivity contribution is -0.138. The molecule has 7 heteroatoms. The normalized spacial score (nSPS) is 25.1. The van der Waals surface area contributed by atoms with E-state index in [2.05, 4.69) is 33.1 Å². The Morgan fingerprint density at radius 1 is 1.33 bits per heavy atom. The highest BCUT2D eigenvalue weighted by molar-refractivity contribution is 5.95. The number of hydrogen-bond acceptors (Lipinski definition) is 6. The number of ether oxygens (including phenoxy) is 1. The van der Waals surface area contributed by atoms with Gasteiger partial charge in [-0.1, -0.05) is 6.92 Å². The highest BCUT2D eigenvalue weighted by atomic mass is 16.5. The number of carbonyl (C=O) groups excluding carboxylic acids is 1. The summed E-state index contributed by atoms with van der Waals surface area (Å²) < 4.78 is 6.02. The summed E-state index contributed by atoms with van der Waals surface area (Å²) in [4.78, 5) is 22.0. The van der Waals surface area contributed by atoms with E-state index in [0.29, 0.717) is 24.2 Å². The largest absolute Gasteiger partial charge is 0.365 e. The zero-order valence-corrected chi connectivity index (χ0v) is 17.7. The molecule has 2 aliphatic rings. The summed E-state index contributed by atoms with van der Waals surface area (Å²) >= 11 is 0. The molecule has 0 aliphatic carbocycles. The fourth-order valence-corrected chi connectivity index (χ4v) is 4.57. The Hall–Kier alpha value is -2.69. The summed E-state index contributed by atoms with van der Waals surface area (Å²) in [5.41, 5.74) is 2.24. The first-order chi connectivity index (χ1) is 14.6. The Balaban J connectivity index is 1.52. The van der Waals surface area contributed by atoms with Crippen LogP contribution in [0.1, 0.15) is 32.3 Å². The Kier molecular flexibility index (Phi) is 6.16. The molecule has 2 aromatic rings. The lowest BCUT2D eigenvalue weighted by Crippen LogP contribution is -2.56. The molecule has 2 fully saturated rings. The van der Waals surface area contributed by atoms with Gasteiger partial charge in [0.05, 0.1) is 23.7 Å². The third-order valence-corrected chi connectivity index (χ3v) is 6.06. The van der Waals surface area contributed by atoms with Gasteiger partial charge in [0.15, 0.2) is 6.10 Å². The first kappa shape index (κ1) is 20.6. The molecule has 30 heavy (non-hydrogen) atoms. The number of piperidine rings is 1. The SMILES string of the molecule is CCN1CCCC(NC(=O)[C@H]2CN(c3ccc(C#N)c4ncccc34)C[C@@H](C)O2)C1. The molecule has 3 atom stereocenters. The van der Waals surface area contributed by atoms with Gasteiger partial charge in [0, 0.05) is 36.4 Å². The number of rotatable bonds is 4. The quantitative estimate of drug-likeness (QED) is 0.838. The van der Waals surface area contributed by atoms with Crippen LogP contribution < -0.4 is 10.2 Å². The number of benzene rings is 1. The number of nitrogens with zero attached hydrogens (tertiary/aromatic N) is 4. The number of hydrogen-bond donors (Lipinski definition) is 1. The Morgan fingerprint density at radius 3 is 3.00 bits per heavy atom. The molecule has 1 aromatic heterocycles. The highest BCUT2D eigenvalue weighted by Crippen LogP contribution is 2.30. The van der Waals surface area contributed by atoms with Crippen molar-refractivity contribution in [2.75, 3.05) is 37.6 Å². The van der Waals surface area contributed by atoms with E-state index in [4.69, 9.17) is 4.74 Å². The number of pyridine rings is 1. The molecule has 0 spiro atoms. The van der Waals surface area contributed by atoms with Crippen LogP contribution in [-0.2, 0) is 9.53 Å². The third-order valence-electron chi connectivity index (χ3n) is 6.06. The molecule has 0 saturated carbocycles. The Morgan fingerprint density at radius 2 is 2.20 bits per heavy atom. The van der Waals surface area contributed by atoms with Crippen LogP contribution in [0.25, 0.3) is 10.9 Å². The van der Waals surface area contributed by atoms with Crippen molar-refractivity contribution in [3.05, 3.63) is 36.0 Å². The first-order valence-corrected chi connectivity index (χ1v) is 10.8. The lowest BCUT2D eigenvalue weighted by Gasteiger charge is -2.39. The van der Waals surface area contributed by atoms with E-state index in [1.54, 1.807) is 12.3 Å². The van der Waals surface area contributed by atoms with Crippen LogP contribution in [0.5, 0.6) is 0 Å². The molecular weight excluding hydrogens is 378 g/mol. The zero-order chi connectivity index (χ0) is 21.1. The smallest absolute Gasteiger partial charge is 0.251 e. The molecule has 1 N–H and O–H groups in total. The van der Waals surface area contributed by atoms with Crippen LogP contribution >= 0.6 is 0 Å². The van der Waals surface area contributed by atoms with Gasteiger partial charge in [-0.2, -0.15) is 5.26 Å². The molecule has 2 saturated heterocycles. The van der Waals surface area contributed by atoms with Crippen LogP contribution in [0, 0.1) is 11.3 Å². The topological polar surface area (TPSA) is 81.5 Å². The summed E-state index contributed by atoms with van der Waals surface area (Å²) in [5.74, 6) is -0.0365. The number of aromatic nitrogens is 1. The lowest BCUT2D eigenvalue weighted by atomic mass is 10.0. The first-order valence-electron chi connectivity index (χ1n) is 10.8. The van der Waals surface area contributed by atoms with E-state index < -0.39 is 6.10 Å². The van der Waals surface area contributed by atoms with Crippen LogP contribution in [0.2, 0.25) is 0 Å². The van der Waals surface area contributed by atoms with Gasteiger partial charge < -0.3 is 19.9 Å². The molecule has 2 aliphatic heterocycles. The maximum absolute atomic E-state index is 13.0. The summed E-state index contributed by atoms with van der Waals surface area (Å²) in [7, 11) is 0. The molecule has 0 radical (unpaired) electrons. The Labute approximate surface area is 177 Å². The van der Waals surface area contributed by atoms with Gasteiger partial charge >= 0.3 is 0 Å². The molecular formula is C23H29N5O2. The van der Waals surface area contributed by atoms with E-state index in [-0.39, 0.29) is 18.1 Å². The van der Waals surface area contributed by atoms with Crippen molar-refractivity contribution in [2.45, 2.75) is 44.9 Å². The van der Waals surface area contributed by atoms with Crippen molar-refractivity contribution in [1.82, 2.24) is 15.2 Å². The molecule has 3 heterocycles. The summed E-state index contributed by atoms with van der Waals surface area (Å²) in [5, 5.41) is 13.5. The average molecular weight is 408 g/mol. The van der Waals surface area contributed by atoms with Crippen molar-refractivity contribution >= 4 is 22.5 Å². The molecule has 1 amide bonds. The number of likely N-dealkylation sites (N-methyl/N-ethyl adjacent to an activating group) is 1. The second kappa shape index (κ2) is 8.99.